The van der Waals surface area contributed by atoms with Crippen LogP contribution in [0.15, 0.2) is 18.2 Å². The molecule has 0 radical (unpaired) electrons. The summed E-state index contributed by atoms with van der Waals surface area (Å²) >= 11 is 6.15. The standard InChI is InChI=1S/C11H14ClN5O/c1-7(6-18-2)17-11(14-15-16-17)9-5-8(13)3-4-10(9)12/h3-5,7H,6,13H2,1-2H3. The number of aromatic nitrogens is 4. The Hall–Kier alpha value is -1.66. The number of ether oxygens (including phenoxy) is 1. The second kappa shape index (κ2) is 5.32. The molecule has 1 aromatic heterocycles. The molecule has 2 rings (SSSR count). The minimum Gasteiger partial charge on any atom is -0.399 e. The Morgan fingerprint density at radius 3 is 3.00 bits per heavy atom. The van der Waals surface area contributed by atoms with Gasteiger partial charge in [0.25, 0.3) is 0 Å². The van der Waals surface area contributed by atoms with E-state index in [9.17, 15) is 0 Å². The summed E-state index contributed by atoms with van der Waals surface area (Å²) in [6, 6.07) is 5.23. The van der Waals surface area contributed by atoms with E-state index in [2.05, 4.69) is 15.5 Å². The molecule has 96 valence electrons. The van der Waals surface area contributed by atoms with Crippen LogP contribution in [0.4, 0.5) is 5.69 Å². The van der Waals surface area contributed by atoms with Crippen molar-refractivity contribution in [2.75, 3.05) is 19.5 Å². The zero-order chi connectivity index (χ0) is 13.1. The highest BCUT2D eigenvalue weighted by molar-refractivity contribution is 6.33. The SMILES string of the molecule is COCC(C)n1nnnc1-c1cc(N)ccc1Cl. The third-order valence-corrected chi connectivity index (χ3v) is 2.88. The molecule has 7 heteroatoms. The molecule has 0 saturated heterocycles. The van der Waals surface area contributed by atoms with E-state index >= 15 is 0 Å². The van der Waals surface area contributed by atoms with Gasteiger partial charge in [0.2, 0.25) is 0 Å². The Morgan fingerprint density at radius 1 is 1.50 bits per heavy atom. The van der Waals surface area contributed by atoms with E-state index in [4.69, 9.17) is 22.1 Å². The smallest absolute Gasteiger partial charge is 0.183 e. The van der Waals surface area contributed by atoms with Crippen molar-refractivity contribution in [2.45, 2.75) is 13.0 Å². The number of hydrogen-bond donors (Lipinski definition) is 1. The van der Waals surface area contributed by atoms with Crippen LogP contribution in [0.3, 0.4) is 0 Å². The lowest BCUT2D eigenvalue weighted by Gasteiger charge is -2.13. The van der Waals surface area contributed by atoms with E-state index in [1.165, 1.54) is 0 Å². The molecule has 0 amide bonds. The second-order valence-electron chi connectivity index (χ2n) is 3.99. The summed E-state index contributed by atoms with van der Waals surface area (Å²) < 4.78 is 6.77. The molecule has 1 heterocycles. The summed E-state index contributed by atoms with van der Waals surface area (Å²) in [6.45, 7) is 2.47. The first kappa shape index (κ1) is 12.8. The average Bonchev–Trinajstić information content (AvgIpc) is 2.81. The van der Waals surface area contributed by atoms with Crippen LogP contribution < -0.4 is 5.73 Å². The molecule has 2 N–H and O–H groups in total. The second-order valence-corrected chi connectivity index (χ2v) is 4.40. The number of anilines is 1. The maximum absolute atomic E-state index is 6.15. The molecule has 18 heavy (non-hydrogen) atoms. The number of rotatable bonds is 4. The van der Waals surface area contributed by atoms with Gasteiger partial charge in [0.15, 0.2) is 5.82 Å². The van der Waals surface area contributed by atoms with E-state index in [-0.39, 0.29) is 6.04 Å². The molecule has 0 aliphatic rings. The quantitative estimate of drug-likeness (QED) is 0.855. The third-order valence-electron chi connectivity index (χ3n) is 2.55. The average molecular weight is 268 g/mol. The van der Waals surface area contributed by atoms with Crippen LogP contribution in [0.25, 0.3) is 11.4 Å². The highest BCUT2D eigenvalue weighted by atomic mass is 35.5. The van der Waals surface area contributed by atoms with E-state index in [0.717, 1.165) is 0 Å². The summed E-state index contributed by atoms with van der Waals surface area (Å²) in [6.07, 6.45) is 0. The van der Waals surface area contributed by atoms with Crippen LogP contribution in [0.2, 0.25) is 5.02 Å². The van der Waals surface area contributed by atoms with Gasteiger partial charge in [-0.05, 0) is 35.5 Å². The number of benzene rings is 1. The topological polar surface area (TPSA) is 78.8 Å². The third kappa shape index (κ3) is 2.44. The number of nitrogens with zero attached hydrogens (tertiary/aromatic N) is 4. The van der Waals surface area contributed by atoms with E-state index in [0.29, 0.717) is 28.7 Å². The fraction of sp³-hybridized carbons (Fsp3) is 0.364. The summed E-state index contributed by atoms with van der Waals surface area (Å²) in [7, 11) is 1.63. The Labute approximate surface area is 110 Å². The van der Waals surface area contributed by atoms with Gasteiger partial charge in [0, 0.05) is 18.4 Å². The maximum Gasteiger partial charge on any atom is 0.183 e. The van der Waals surface area contributed by atoms with Gasteiger partial charge in [-0.3, -0.25) is 0 Å². The first-order valence-corrected chi connectivity index (χ1v) is 5.83. The van der Waals surface area contributed by atoms with Gasteiger partial charge in [-0.15, -0.1) is 5.10 Å². The van der Waals surface area contributed by atoms with Crippen molar-refractivity contribution in [1.29, 1.82) is 0 Å². The van der Waals surface area contributed by atoms with E-state index in [1.54, 1.807) is 30.0 Å². The summed E-state index contributed by atoms with van der Waals surface area (Å²) in [4.78, 5) is 0. The van der Waals surface area contributed by atoms with Gasteiger partial charge in [-0.25, -0.2) is 4.68 Å². The molecule has 0 aliphatic carbocycles. The van der Waals surface area contributed by atoms with E-state index < -0.39 is 0 Å². The minimum absolute atomic E-state index is 0.0116. The molecule has 0 bridgehead atoms. The van der Waals surface area contributed by atoms with Crippen LogP contribution in [0, 0.1) is 0 Å². The number of nitrogen functional groups attached to an aromatic ring is 1. The van der Waals surface area contributed by atoms with Crippen LogP contribution in [0.5, 0.6) is 0 Å². The largest absolute Gasteiger partial charge is 0.399 e. The first-order chi connectivity index (χ1) is 8.63. The van der Waals surface area contributed by atoms with Crippen LogP contribution in [-0.4, -0.2) is 33.9 Å². The summed E-state index contributed by atoms with van der Waals surface area (Å²) in [5.74, 6) is 0.580. The molecule has 0 spiro atoms. The number of methoxy groups -OCH3 is 1. The Morgan fingerprint density at radius 2 is 2.28 bits per heavy atom. The van der Waals surface area contributed by atoms with Crippen molar-refractivity contribution in [3.05, 3.63) is 23.2 Å². The first-order valence-electron chi connectivity index (χ1n) is 5.45. The number of tetrazole rings is 1. The highest BCUT2D eigenvalue weighted by Gasteiger charge is 2.16. The lowest BCUT2D eigenvalue weighted by Crippen LogP contribution is -2.14. The fourth-order valence-electron chi connectivity index (χ4n) is 1.69. The maximum atomic E-state index is 6.15. The molecular weight excluding hydrogens is 254 g/mol. The van der Waals surface area contributed by atoms with Gasteiger partial charge >= 0.3 is 0 Å². The van der Waals surface area contributed by atoms with Crippen LogP contribution in [0.1, 0.15) is 13.0 Å². The van der Waals surface area contributed by atoms with Crippen LogP contribution in [-0.2, 0) is 4.74 Å². The normalized spacial score (nSPS) is 12.6. The lowest BCUT2D eigenvalue weighted by molar-refractivity contribution is 0.156. The minimum atomic E-state index is 0.0116. The number of hydrogen-bond acceptors (Lipinski definition) is 5. The Kier molecular flexibility index (Phi) is 3.78. The highest BCUT2D eigenvalue weighted by Crippen LogP contribution is 2.29. The van der Waals surface area contributed by atoms with Gasteiger partial charge < -0.3 is 10.5 Å². The van der Waals surface area contributed by atoms with Gasteiger partial charge in [0.05, 0.1) is 17.7 Å². The van der Waals surface area contributed by atoms with Crippen molar-refractivity contribution in [1.82, 2.24) is 20.2 Å². The summed E-state index contributed by atoms with van der Waals surface area (Å²) in [5, 5.41) is 12.2. The van der Waals surface area contributed by atoms with Gasteiger partial charge in [-0.1, -0.05) is 11.6 Å². The molecule has 0 saturated carbocycles. The predicted molar refractivity (Wildman–Crippen MR) is 69.3 cm³/mol. The summed E-state index contributed by atoms with van der Waals surface area (Å²) in [5.41, 5.74) is 7.08. The molecular formula is C11H14ClN5O. The van der Waals surface area contributed by atoms with Crippen molar-refractivity contribution in [3.8, 4) is 11.4 Å². The Balaban J connectivity index is 2.45. The van der Waals surface area contributed by atoms with Crippen molar-refractivity contribution in [3.63, 3.8) is 0 Å². The van der Waals surface area contributed by atoms with Gasteiger partial charge in [0.1, 0.15) is 0 Å². The predicted octanol–water partition coefficient (Wildman–Crippen LogP) is 1.78. The van der Waals surface area contributed by atoms with Crippen molar-refractivity contribution >= 4 is 17.3 Å². The van der Waals surface area contributed by atoms with Crippen molar-refractivity contribution < 1.29 is 4.74 Å². The molecule has 1 unspecified atom stereocenters. The monoisotopic (exact) mass is 267 g/mol. The molecule has 1 aromatic carbocycles. The lowest BCUT2D eigenvalue weighted by atomic mass is 10.2. The molecule has 0 fully saturated rings. The fourth-order valence-corrected chi connectivity index (χ4v) is 1.90. The zero-order valence-corrected chi connectivity index (χ0v) is 10.9. The Bertz CT molecular complexity index is 542. The van der Waals surface area contributed by atoms with E-state index in [1.807, 2.05) is 6.92 Å². The zero-order valence-electron chi connectivity index (χ0n) is 10.2. The number of nitrogens with two attached hydrogens (primary N) is 1. The van der Waals surface area contributed by atoms with Crippen LogP contribution >= 0.6 is 11.6 Å². The van der Waals surface area contributed by atoms with Crippen molar-refractivity contribution in [2.24, 2.45) is 0 Å². The van der Waals surface area contributed by atoms with Gasteiger partial charge in [-0.2, -0.15) is 0 Å². The molecule has 2 aromatic rings. The molecule has 1 atom stereocenters. The molecule has 0 aliphatic heterocycles. The number of halogens is 1. The molecule has 6 nitrogen and oxygen atoms in total.